The molecule has 0 bridgehead atoms. The molecule has 31 heavy (non-hydrogen) atoms. The van der Waals surface area contributed by atoms with E-state index in [0.29, 0.717) is 11.5 Å². The fraction of sp³-hybridized carbons (Fsp3) is 0.111. The Morgan fingerprint density at radius 1 is 0.677 bits per heavy atom. The molecule has 0 saturated carbocycles. The fourth-order valence-electron chi connectivity index (χ4n) is 3.73. The number of hydrogen-bond donors (Lipinski definition) is 0. The van der Waals surface area contributed by atoms with Gasteiger partial charge in [0.25, 0.3) is 0 Å². The van der Waals surface area contributed by atoms with Gasteiger partial charge in [0.05, 0.1) is 0 Å². The average Bonchev–Trinajstić information content (AvgIpc) is 2.78. The molecule has 0 radical (unpaired) electrons. The number of hydrogen-bond acceptors (Lipinski definition) is 0. The van der Waals surface area contributed by atoms with Gasteiger partial charge in [-0.25, -0.2) is 13.2 Å². The zero-order chi connectivity index (χ0) is 22.0. The van der Waals surface area contributed by atoms with Gasteiger partial charge in [-0.2, -0.15) is 0 Å². The lowest BCUT2D eigenvalue weighted by molar-refractivity contribution is 0.584. The van der Waals surface area contributed by atoms with Crippen LogP contribution in [0, 0.1) is 17.5 Å². The second-order valence-corrected chi connectivity index (χ2v) is 8.04. The number of benzene rings is 4. The van der Waals surface area contributed by atoms with Crippen LogP contribution in [-0.2, 0) is 6.42 Å². The minimum atomic E-state index is -0.916. The monoisotopic (exact) mass is 436 g/mol. The van der Waals surface area contributed by atoms with Gasteiger partial charge in [-0.15, -0.1) is 0 Å². The molecular formula is C27H20ClF3. The van der Waals surface area contributed by atoms with Crippen molar-refractivity contribution >= 4 is 11.6 Å². The van der Waals surface area contributed by atoms with Crippen LogP contribution in [0.4, 0.5) is 13.2 Å². The van der Waals surface area contributed by atoms with E-state index in [0.717, 1.165) is 24.1 Å². The first-order valence-electron chi connectivity index (χ1n) is 10.0. The minimum Gasteiger partial charge on any atom is -0.206 e. The van der Waals surface area contributed by atoms with E-state index in [1.807, 2.05) is 42.5 Å². The Morgan fingerprint density at radius 3 is 1.87 bits per heavy atom. The Kier molecular flexibility index (Phi) is 6.15. The first-order valence-corrected chi connectivity index (χ1v) is 10.4. The molecular weight excluding hydrogens is 417 g/mol. The molecule has 0 aliphatic heterocycles. The van der Waals surface area contributed by atoms with Gasteiger partial charge in [0.1, 0.15) is 22.5 Å². The van der Waals surface area contributed by atoms with Crippen LogP contribution in [0.25, 0.3) is 22.3 Å². The maximum absolute atomic E-state index is 14.7. The highest BCUT2D eigenvalue weighted by molar-refractivity contribution is 6.31. The Balaban J connectivity index is 1.54. The van der Waals surface area contributed by atoms with Crippen LogP contribution in [0.5, 0.6) is 0 Å². The van der Waals surface area contributed by atoms with Crippen molar-refractivity contribution in [3.8, 4) is 22.3 Å². The summed E-state index contributed by atoms with van der Waals surface area (Å²) in [7, 11) is 0. The van der Waals surface area contributed by atoms with Crippen LogP contribution in [0.1, 0.15) is 24.0 Å². The average molecular weight is 437 g/mol. The van der Waals surface area contributed by atoms with Gasteiger partial charge in [0, 0.05) is 5.56 Å². The lowest BCUT2D eigenvalue weighted by Gasteiger charge is -2.13. The molecule has 156 valence electrons. The molecule has 4 aromatic carbocycles. The van der Waals surface area contributed by atoms with Crippen LogP contribution >= 0.6 is 11.6 Å². The second-order valence-electron chi connectivity index (χ2n) is 7.66. The van der Waals surface area contributed by atoms with E-state index in [-0.39, 0.29) is 11.1 Å². The van der Waals surface area contributed by atoms with Gasteiger partial charge in [0.2, 0.25) is 0 Å². The van der Waals surface area contributed by atoms with Crippen molar-refractivity contribution in [2.45, 2.75) is 19.3 Å². The molecule has 4 heteroatoms. The SMILES string of the molecule is C[C@H](Cc1ccc(-c2ccc(-c3cc(F)c(Cl)c(F)c3)c(F)c2)cc1)c1ccccc1. The molecule has 0 amide bonds. The van der Waals surface area contributed by atoms with Crippen LogP contribution in [-0.4, -0.2) is 0 Å². The van der Waals surface area contributed by atoms with Gasteiger partial charge in [-0.3, -0.25) is 0 Å². The van der Waals surface area contributed by atoms with Gasteiger partial charge in [-0.05, 0) is 58.4 Å². The quantitative estimate of drug-likeness (QED) is 0.275. The van der Waals surface area contributed by atoms with Gasteiger partial charge in [-0.1, -0.05) is 85.3 Å². The highest BCUT2D eigenvalue weighted by Crippen LogP contribution is 2.32. The van der Waals surface area contributed by atoms with Crippen molar-refractivity contribution < 1.29 is 13.2 Å². The van der Waals surface area contributed by atoms with Crippen molar-refractivity contribution in [2.24, 2.45) is 0 Å². The van der Waals surface area contributed by atoms with Gasteiger partial charge >= 0.3 is 0 Å². The maximum atomic E-state index is 14.7. The summed E-state index contributed by atoms with van der Waals surface area (Å²) >= 11 is 5.52. The third-order valence-electron chi connectivity index (χ3n) is 5.46. The van der Waals surface area contributed by atoms with E-state index in [1.165, 1.54) is 23.3 Å². The van der Waals surface area contributed by atoms with E-state index in [4.69, 9.17) is 11.6 Å². The molecule has 1 atom stereocenters. The molecule has 0 aliphatic rings. The van der Waals surface area contributed by atoms with Crippen molar-refractivity contribution in [2.75, 3.05) is 0 Å². The Morgan fingerprint density at radius 2 is 1.26 bits per heavy atom. The van der Waals surface area contributed by atoms with E-state index in [1.54, 1.807) is 6.07 Å². The van der Waals surface area contributed by atoms with E-state index >= 15 is 0 Å². The first kappa shape index (κ1) is 21.2. The van der Waals surface area contributed by atoms with E-state index in [9.17, 15) is 13.2 Å². The molecule has 0 unspecified atom stereocenters. The summed E-state index contributed by atoms with van der Waals surface area (Å²) in [5.41, 5.74) is 4.28. The first-order chi connectivity index (χ1) is 14.9. The van der Waals surface area contributed by atoms with Gasteiger partial charge < -0.3 is 0 Å². The second kappa shape index (κ2) is 8.99. The molecule has 0 saturated heterocycles. The predicted molar refractivity (Wildman–Crippen MR) is 121 cm³/mol. The molecule has 4 rings (SSSR count). The molecule has 0 N–H and O–H groups in total. The predicted octanol–water partition coefficient (Wildman–Crippen LogP) is 8.44. The van der Waals surface area contributed by atoms with Crippen LogP contribution in [0.3, 0.4) is 0 Å². The van der Waals surface area contributed by atoms with Crippen molar-refractivity contribution in [3.05, 3.63) is 119 Å². The number of rotatable bonds is 5. The lowest BCUT2D eigenvalue weighted by atomic mass is 9.92. The van der Waals surface area contributed by atoms with E-state index in [2.05, 4.69) is 19.1 Å². The molecule has 0 heterocycles. The summed E-state index contributed by atoms with van der Waals surface area (Å²) in [6.45, 7) is 2.19. The standard InChI is InChI=1S/C27H20ClF3/c1-17(19-5-3-2-4-6-19)13-18-7-9-20(10-8-18)21-11-12-23(24(29)14-21)22-15-25(30)27(28)26(31)16-22/h2-12,14-17H,13H2,1H3/t17-/m1/s1. The Bertz CT molecular complexity index is 1180. The maximum Gasteiger partial charge on any atom is 0.145 e. The normalized spacial score (nSPS) is 12.0. The zero-order valence-electron chi connectivity index (χ0n) is 16.9. The smallest absolute Gasteiger partial charge is 0.145 e. The Labute approximate surface area is 184 Å². The van der Waals surface area contributed by atoms with Crippen LogP contribution in [0.15, 0.2) is 84.9 Å². The summed E-state index contributed by atoms with van der Waals surface area (Å²) < 4.78 is 42.2. The summed E-state index contributed by atoms with van der Waals surface area (Å²) in [6.07, 6.45) is 0.908. The largest absolute Gasteiger partial charge is 0.206 e. The topological polar surface area (TPSA) is 0 Å². The summed E-state index contributed by atoms with van der Waals surface area (Å²) in [4.78, 5) is 0. The van der Waals surface area contributed by atoms with Crippen molar-refractivity contribution in [1.82, 2.24) is 0 Å². The summed E-state index contributed by atoms with van der Waals surface area (Å²) in [6, 6.07) is 25.1. The molecule has 0 aromatic heterocycles. The van der Waals surface area contributed by atoms with Crippen LogP contribution < -0.4 is 0 Å². The van der Waals surface area contributed by atoms with Crippen LogP contribution in [0.2, 0.25) is 5.02 Å². The van der Waals surface area contributed by atoms with E-state index < -0.39 is 22.5 Å². The van der Waals surface area contributed by atoms with Gasteiger partial charge in [0.15, 0.2) is 0 Å². The molecule has 0 nitrogen and oxygen atoms in total. The number of halogens is 4. The fourth-order valence-corrected chi connectivity index (χ4v) is 3.84. The minimum absolute atomic E-state index is 0.105. The molecule has 0 fully saturated rings. The molecule has 0 aliphatic carbocycles. The third-order valence-corrected chi connectivity index (χ3v) is 5.82. The lowest BCUT2D eigenvalue weighted by Crippen LogP contribution is -1.98. The Hall–Kier alpha value is -3.04. The van der Waals surface area contributed by atoms with Crippen molar-refractivity contribution in [3.63, 3.8) is 0 Å². The zero-order valence-corrected chi connectivity index (χ0v) is 17.6. The molecule has 0 spiro atoms. The highest BCUT2D eigenvalue weighted by atomic mass is 35.5. The summed E-state index contributed by atoms with van der Waals surface area (Å²) in [5, 5.41) is -0.595. The molecule has 4 aromatic rings. The summed E-state index contributed by atoms with van der Waals surface area (Å²) in [5.74, 6) is -2.00. The highest BCUT2D eigenvalue weighted by Gasteiger charge is 2.14. The van der Waals surface area contributed by atoms with Crippen molar-refractivity contribution in [1.29, 1.82) is 0 Å². The third kappa shape index (κ3) is 4.67.